The Bertz CT molecular complexity index is 623. The molecular weight excluding hydrogens is 246 g/mol. The Morgan fingerprint density at radius 3 is 2.95 bits per heavy atom. The molecule has 100 valence electrons. The number of esters is 1. The molecule has 0 radical (unpaired) electrons. The SMILES string of the molecule is COC(=O)c1ccc2nnc(C3CCC(C)O3)n2c1. The van der Waals surface area contributed by atoms with Crippen molar-refractivity contribution in [3.63, 3.8) is 0 Å². The van der Waals surface area contributed by atoms with E-state index in [2.05, 4.69) is 10.2 Å². The maximum absolute atomic E-state index is 11.6. The average molecular weight is 261 g/mol. The van der Waals surface area contributed by atoms with E-state index >= 15 is 0 Å². The summed E-state index contributed by atoms with van der Waals surface area (Å²) < 4.78 is 12.3. The third kappa shape index (κ3) is 2.08. The van der Waals surface area contributed by atoms with Crippen LogP contribution in [0, 0.1) is 0 Å². The Balaban J connectivity index is 2.03. The van der Waals surface area contributed by atoms with Crippen molar-refractivity contribution in [1.82, 2.24) is 14.6 Å². The molecule has 2 aromatic rings. The highest BCUT2D eigenvalue weighted by atomic mass is 16.5. The number of rotatable bonds is 2. The number of aromatic nitrogens is 3. The van der Waals surface area contributed by atoms with Gasteiger partial charge in [0.1, 0.15) is 6.10 Å². The average Bonchev–Trinajstić information content (AvgIpc) is 3.02. The van der Waals surface area contributed by atoms with Gasteiger partial charge in [0.25, 0.3) is 0 Å². The van der Waals surface area contributed by atoms with E-state index in [1.54, 1.807) is 22.7 Å². The Morgan fingerprint density at radius 1 is 1.42 bits per heavy atom. The molecule has 6 nitrogen and oxygen atoms in total. The first-order chi connectivity index (χ1) is 9.19. The second kappa shape index (κ2) is 4.62. The molecule has 3 heterocycles. The summed E-state index contributed by atoms with van der Waals surface area (Å²) in [6.45, 7) is 2.04. The van der Waals surface area contributed by atoms with Crippen LogP contribution in [0.5, 0.6) is 0 Å². The predicted octanol–water partition coefficient (Wildman–Crippen LogP) is 1.76. The number of pyridine rings is 1. The fourth-order valence-corrected chi connectivity index (χ4v) is 2.36. The molecule has 0 saturated carbocycles. The lowest BCUT2D eigenvalue weighted by atomic mass is 10.2. The number of fused-ring (bicyclic) bond motifs is 1. The number of hydrogen-bond donors (Lipinski definition) is 0. The Labute approximate surface area is 110 Å². The van der Waals surface area contributed by atoms with Crippen LogP contribution in [0.2, 0.25) is 0 Å². The van der Waals surface area contributed by atoms with E-state index < -0.39 is 0 Å². The monoisotopic (exact) mass is 261 g/mol. The number of methoxy groups -OCH3 is 1. The maximum Gasteiger partial charge on any atom is 0.339 e. The second-order valence-corrected chi connectivity index (χ2v) is 4.71. The van der Waals surface area contributed by atoms with Gasteiger partial charge in [0, 0.05) is 6.20 Å². The minimum absolute atomic E-state index is 0.0575. The van der Waals surface area contributed by atoms with Crippen LogP contribution < -0.4 is 0 Å². The second-order valence-electron chi connectivity index (χ2n) is 4.71. The normalized spacial score (nSPS) is 22.8. The van der Waals surface area contributed by atoms with Crippen molar-refractivity contribution in [2.24, 2.45) is 0 Å². The molecule has 1 saturated heterocycles. The van der Waals surface area contributed by atoms with Crippen molar-refractivity contribution < 1.29 is 14.3 Å². The van der Waals surface area contributed by atoms with E-state index in [0.717, 1.165) is 18.7 Å². The van der Waals surface area contributed by atoms with E-state index in [4.69, 9.17) is 9.47 Å². The van der Waals surface area contributed by atoms with Gasteiger partial charge >= 0.3 is 5.97 Å². The molecule has 0 bridgehead atoms. The smallest absolute Gasteiger partial charge is 0.339 e. The highest BCUT2D eigenvalue weighted by Gasteiger charge is 2.27. The molecule has 0 aliphatic carbocycles. The third-order valence-corrected chi connectivity index (χ3v) is 3.37. The first kappa shape index (κ1) is 12.1. The van der Waals surface area contributed by atoms with E-state index in [9.17, 15) is 4.79 Å². The molecule has 2 aromatic heterocycles. The maximum atomic E-state index is 11.6. The Kier molecular flexibility index (Phi) is 2.94. The number of hydrogen-bond acceptors (Lipinski definition) is 5. The first-order valence-corrected chi connectivity index (χ1v) is 6.27. The van der Waals surface area contributed by atoms with Crippen LogP contribution in [-0.4, -0.2) is 33.8 Å². The summed E-state index contributed by atoms with van der Waals surface area (Å²) in [7, 11) is 1.36. The summed E-state index contributed by atoms with van der Waals surface area (Å²) in [6, 6.07) is 3.43. The van der Waals surface area contributed by atoms with E-state index in [-0.39, 0.29) is 18.2 Å². The molecular formula is C13H15N3O3. The van der Waals surface area contributed by atoms with Gasteiger partial charge in [-0.2, -0.15) is 0 Å². The molecule has 1 aliphatic rings. The van der Waals surface area contributed by atoms with Crippen molar-refractivity contribution in [2.45, 2.75) is 32.0 Å². The summed E-state index contributed by atoms with van der Waals surface area (Å²) in [6.07, 6.45) is 3.81. The highest BCUT2D eigenvalue weighted by molar-refractivity contribution is 5.89. The van der Waals surface area contributed by atoms with Crippen molar-refractivity contribution in [1.29, 1.82) is 0 Å². The van der Waals surface area contributed by atoms with Crippen molar-refractivity contribution in [2.75, 3.05) is 7.11 Å². The van der Waals surface area contributed by atoms with Gasteiger partial charge in [0.05, 0.1) is 18.8 Å². The van der Waals surface area contributed by atoms with Gasteiger partial charge in [-0.15, -0.1) is 10.2 Å². The highest BCUT2D eigenvalue weighted by Crippen LogP contribution is 2.31. The quantitative estimate of drug-likeness (QED) is 0.771. The van der Waals surface area contributed by atoms with Crippen LogP contribution in [0.4, 0.5) is 0 Å². The Hall–Kier alpha value is -1.95. The van der Waals surface area contributed by atoms with Gasteiger partial charge < -0.3 is 9.47 Å². The van der Waals surface area contributed by atoms with Crippen LogP contribution in [-0.2, 0) is 9.47 Å². The lowest BCUT2D eigenvalue weighted by Crippen LogP contribution is -2.07. The number of nitrogens with zero attached hydrogens (tertiary/aromatic N) is 3. The standard InChI is InChI=1S/C13H15N3O3/c1-8-3-5-10(19-8)12-15-14-11-6-4-9(7-16(11)12)13(17)18-2/h4,6-8,10H,3,5H2,1-2H3. The van der Waals surface area contributed by atoms with E-state index in [1.807, 2.05) is 6.92 Å². The summed E-state index contributed by atoms with van der Waals surface area (Å²) in [5.41, 5.74) is 1.17. The third-order valence-electron chi connectivity index (χ3n) is 3.37. The zero-order valence-corrected chi connectivity index (χ0v) is 10.9. The predicted molar refractivity (Wildman–Crippen MR) is 66.8 cm³/mol. The van der Waals surface area contributed by atoms with Crippen molar-refractivity contribution >= 4 is 11.6 Å². The zero-order chi connectivity index (χ0) is 13.4. The molecule has 3 rings (SSSR count). The molecule has 2 unspecified atom stereocenters. The molecule has 0 aromatic carbocycles. The lowest BCUT2D eigenvalue weighted by Gasteiger charge is -2.09. The van der Waals surface area contributed by atoms with Crippen LogP contribution >= 0.6 is 0 Å². The first-order valence-electron chi connectivity index (χ1n) is 6.27. The summed E-state index contributed by atoms with van der Waals surface area (Å²) in [5.74, 6) is 0.368. The van der Waals surface area contributed by atoms with E-state index in [0.29, 0.717) is 11.2 Å². The molecule has 0 spiro atoms. The van der Waals surface area contributed by atoms with Gasteiger partial charge in [-0.1, -0.05) is 0 Å². The number of ether oxygens (including phenoxy) is 2. The van der Waals surface area contributed by atoms with Gasteiger partial charge in [-0.05, 0) is 31.9 Å². The minimum atomic E-state index is -0.373. The van der Waals surface area contributed by atoms with Gasteiger partial charge in [-0.3, -0.25) is 4.40 Å². The van der Waals surface area contributed by atoms with E-state index in [1.165, 1.54) is 7.11 Å². The molecule has 19 heavy (non-hydrogen) atoms. The van der Waals surface area contributed by atoms with Gasteiger partial charge in [-0.25, -0.2) is 4.79 Å². The fourth-order valence-electron chi connectivity index (χ4n) is 2.36. The molecule has 1 fully saturated rings. The molecule has 0 amide bonds. The summed E-state index contributed by atoms with van der Waals surface area (Å²) in [5, 5.41) is 8.27. The Morgan fingerprint density at radius 2 is 2.26 bits per heavy atom. The minimum Gasteiger partial charge on any atom is -0.465 e. The van der Waals surface area contributed by atoms with Crippen LogP contribution in [0.1, 0.15) is 42.1 Å². The molecule has 6 heteroatoms. The molecule has 2 atom stereocenters. The van der Waals surface area contributed by atoms with Crippen LogP contribution in [0.25, 0.3) is 5.65 Å². The summed E-state index contributed by atoms with van der Waals surface area (Å²) >= 11 is 0. The molecule has 1 aliphatic heterocycles. The lowest BCUT2D eigenvalue weighted by molar-refractivity contribution is 0.0495. The van der Waals surface area contributed by atoms with Crippen LogP contribution in [0.15, 0.2) is 18.3 Å². The van der Waals surface area contributed by atoms with Crippen molar-refractivity contribution in [3.8, 4) is 0 Å². The number of carbonyl (C=O) groups is 1. The summed E-state index contributed by atoms with van der Waals surface area (Å²) in [4.78, 5) is 11.6. The fraction of sp³-hybridized carbons (Fsp3) is 0.462. The number of carbonyl (C=O) groups excluding carboxylic acids is 1. The zero-order valence-electron chi connectivity index (χ0n) is 10.9. The molecule has 0 N–H and O–H groups in total. The van der Waals surface area contributed by atoms with Gasteiger partial charge in [0.2, 0.25) is 0 Å². The van der Waals surface area contributed by atoms with Crippen molar-refractivity contribution in [3.05, 3.63) is 29.7 Å². The largest absolute Gasteiger partial charge is 0.465 e. The topological polar surface area (TPSA) is 65.7 Å². The van der Waals surface area contributed by atoms with Crippen LogP contribution in [0.3, 0.4) is 0 Å². The van der Waals surface area contributed by atoms with Gasteiger partial charge in [0.15, 0.2) is 11.5 Å².